The first-order chi connectivity index (χ1) is 10.1. The van der Waals surface area contributed by atoms with Crippen molar-refractivity contribution in [3.8, 4) is 11.3 Å². The molecule has 0 saturated carbocycles. The second-order valence-electron chi connectivity index (χ2n) is 4.37. The summed E-state index contributed by atoms with van der Waals surface area (Å²) < 4.78 is 0. The van der Waals surface area contributed by atoms with Crippen LogP contribution in [0.15, 0.2) is 48.8 Å². The SMILES string of the molecule is Cc1ccc(Cl)c(Cl)c1.Nc1cc(-c2cccnc2)[nH]n1. The summed E-state index contributed by atoms with van der Waals surface area (Å²) in [6, 6.07) is 11.1. The van der Waals surface area contributed by atoms with Crippen LogP contribution in [0.4, 0.5) is 5.82 Å². The van der Waals surface area contributed by atoms with Gasteiger partial charge in [0.05, 0.1) is 15.7 Å². The number of aromatic nitrogens is 3. The number of halogens is 2. The molecular formula is C15H14Cl2N4. The highest BCUT2D eigenvalue weighted by molar-refractivity contribution is 6.41. The van der Waals surface area contributed by atoms with E-state index in [-0.39, 0.29) is 0 Å². The molecule has 0 saturated heterocycles. The van der Waals surface area contributed by atoms with Gasteiger partial charge in [0.1, 0.15) is 5.82 Å². The highest BCUT2D eigenvalue weighted by atomic mass is 35.5. The molecule has 3 aromatic rings. The largest absolute Gasteiger partial charge is 0.382 e. The number of hydrogen-bond acceptors (Lipinski definition) is 3. The summed E-state index contributed by atoms with van der Waals surface area (Å²) in [4.78, 5) is 3.98. The standard InChI is InChI=1S/C8H8N4.C7H6Cl2/c9-8-4-7(11-12-8)6-2-1-3-10-5-6;1-5-2-3-6(8)7(9)4-5/h1-5H,(H3,9,11,12);2-4H,1H3. The predicted octanol–water partition coefficient (Wildman–Crippen LogP) is 4.36. The maximum absolute atomic E-state index is 5.68. The van der Waals surface area contributed by atoms with Crippen molar-refractivity contribution < 1.29 is 0 Å². The van der Waals surface area contributed by atoms with Gasteiger partial charge in [0.15, 0.2) is 0 Å². The van der Waals surface area contributed by atoms with Gasteiger partial charge in [-0.15, -0.1) is 0 Å². The predicted molar refractivity (Wildman–Crippen MR) is 87.4 cm³/mol. The van der Waals surface area contributed by atoms with Crippen LogP contribution in [0.2, 0.25) is 10.0 Å². The molecule has 0 amide bonds. The molecule has 0 aliphatic heterocycles. The van der Waals surface area contributed by atoms with Gasteiger partial charge in [-0.25, -0.2) is 0 Å². The topological polar surface area (TPSA) is 67.6 Å². The van der Waals surface area contributed by atoms with Crippen LogP contribution in [-0.4, -0.2) is 15.2 Å². The molecule has 0 spiro atoms. The lowest BCUT2D eigenvalue weighted by molar-refractivity contribution is 1.10. The Morgan fingerprint density at radius 1 is 1.10 bits per heavy atom. The summed E-state index contributed by atoms with van der Waals surface area (Å²) in [5.74, 6) is 0.494. The van der Waals surface area contributed by atoms with E-state index >= 15 is 0 Å². The van der Waals surface area contributed by atoms with Crippen molar-refractivity contribution in [3.63, 3.8) is 0 Å². The van der Waals surface area contributed by atoms with Gasteiger partial charge in [-0.3, -0.25) is 10.1 Å². The quantitative estimate of drug-likeness (QED) is 0.700. The number of nitrogens with two attached hydrogens (primary N) is 1. The molecule has 3 N–H and O–H groups in total. The molecule has 108 valence electrons. The molecule has 0 aliphatic carbocycles. The van der Waals surface area contributed by atoms with E-state index in [2.05, 4.69) is 15.2 Å². The molecule has 6 heteroatoms. The molecule has 4 nitrogen and oxygen atoms in total. The van der Waals surface area contributed by atoms with Crippen molar-refractivity contribution in [3.05, 3.63) is 64.4 Å². The Kier molecular flexibility index (Phi) is 5.20. The van der Waals surface area contributed by atoms with E-state index < -0.39 is 0 Å². The summed E-state index contributed by atoms with van der Waals surface area (Å²) in [6.07, 6.45) is 3.48. The Morgan fingerprint density at radius 3 is 2.43 bits per heavy atom. The average Bonchev–Trinajstić information content (AvgIpc) is 2.92. The van der Waals surface area contributed by atoms with Crippen molar-refractivity contribution >= 4 is 29.0 Å². The van der Waals surface area contributed by atoms with Crippen LogP contribution in [-0.2, 0) is 0 Å². The van der Waals surface area contributed by atoms with Crippen molar-refractivity contribution in [1.29, 1.82) is 0 Å². The Balaban J connectivity index is 0.000000161. The minimum absolute atomic E-state index is 0.494. The van der Waals surface area contributed by atoms with E-state index in [1.807, 2.05) is 31.2 Å². The molecule has 0 fully saturated rings. The highest BCUT2D eigenvalue weighted by Gasteiger charge is 1.99. The Bertz CT molecular complexity index is 711. The van der Waals surface area contributed by atoms with E-state index in [0.29, 0.717) is 15.9 Å². The maximum atomic E-state index is 5.68. The summed E-state index contributed by atoms with van der Waals surface area (Å²) in [5, 5.41) is 7.86. The summed E-state index contributed by atoms with van der Waals surface area (Å²) in [5.41, 5.74) is 8.46. The van der Waals surface area contributed by atoms with Gasteiger partial charge in [0.2, 0.25) is 0 Å². The first-order valence-corrected chi connectivity index (χ1v) is 6.95. The first kappa shape index (κ1) is 15.4. The van der Waals surface area contributed by atoms with Gasteiger partial charge >= 0.3 is 0 Å². The lowest BCUT2D eigenvalue weighted by Crippen LogP contribution is -1.81. The molecule has 0 atom stereocenters. The maximum Gasteiger partial charge on any atom is 0.145 e. The minimum atomic E-state index is 0.494. The molecule has 1 aromatic carbocycles. The lowest BCUT2D eigenvalue weighted by atomic mass is 10.2. The fourth-order valence-electron chi connectivity index (χ4n) is 1.61. The first-order valence-electron chi connectivity index (χ1n) is 6.19. The Labute approximate surface area is 132 Å². The van der Waals surface area contributed by atoms with Crippen LogP contribution in [0.1, 0.15) is 5.56 Å². The van der Waals surface area contributed by atoms with Crippen LogP contribution in [0.3, 0.4) is 0 Å². The van der Waals surface area contributed by atoms with E-state index in [4.69, 9.17) is 28.9 Å². The lowest BCUT2D eigenvalue weighted by Gasteiger charge is -1.94. The van der Waals surface area contributed by atoms with E-state index in [1.165, 1.54) is 0 Å². The third-order valence-corrected chi connectivity index (χ3v) is 3.38. The number of nitrogens with zero attached hydrogens (tertiary/aromatic N) is 2. The number of nitrogens with one attached hydrogen (secondary N) is 1. The fraction of sp³-hybridized carbons (Fsp3) is 0.0667. The third kappa shape index (κ3) is 4.48. The molecule has 0 unspecified atom stereocenters. The van der Waals surface area contributed by atoms with Crippen LogP contribution >= 0.6 is 23.2 Å². The van der Waals surface area contributed by atoms with Gasteiger partial charge in [0.25, 0.3) is 0 Å². The number of pyridine rings is 1. The number of aromatic amines is 1. The minimum Gasteiger partial charge on any atom is -0.382 e. The number of H-pyrrole nitrogens is 1. The van der Waals surface area contributed by atoms with Crippen LogP contribution in [0.25, 0.3) is 11.3 Å². The number of aryl methyl sites for hydroxylation is 1. The van der Waals surface area contributed by atoms with Gasteiger partial charge in [0, 0.05) is 24.0 Å². The molecule has 21 heavy (non-hydrogen) atoms. The fourth-order valence-corrected chi connectivity index (χ4v) is 1.96. The van der Waals surface area contributed by atoms with Gasteiger partial charge in [-0.1, -0.05) is 29.3 Å². The van der Waals surface area contributed by atoms with Gasteiger partial charge in [-0.05, 0) is 36.8 Å². The second kappa shape index (κ2) is 7.11. The number of nitrogen functional groups attached to an aromatic ring is 1. The van der Waals surface area contributed by atoms with Crippen molar-refractivity contribution in [2.45, 2.75) is 6.92 Å². The zero-order valence-electron chi connectivity index (χ0n) is 11.3. The average molecular weight is 321 g/mol. The van der Waals surface area contributed by atoms with Gasteiger partial charge < -0.3 is 5.73 Å². The van der Waals surface area contributed by atoms with Crippen LogP contribution in [0, 0.1) is 6.92 Å². The van der Waals surface area contributed by atoms with E-state index in [9.17, 15) is 0 Å². The number of anilines is 1. The molecule has 2 heterocycles. The molecule has 0 radical (unpaired) electrons. The summed E-state index contributed by atoms with van der Waals surface area (Å²) in [6.45, 7) is 1.97. The summed E-state index contributed by atoms with van der Waals surface area (Å²) >= 11 is 11.3. The summed E-state index contributed by atoms with van der Waals surface area (Å²) in [7, 11) is 0. The monoisotopic (exact) mass is 320 g/mol. The molecule has 0 aliphatic rings. The van der Waals surface area contributed by atoms with Crippen molar-refractivity contribution in [2.24, 2.45) is 0 Å². The molecular weight excluding hydrogens is 307 g/mol. The number of rotatable bonds is 1. The third-order valence-electron chi connectivity index (χ3n) is 2.65. The number of benzene rings is 1. The van der Waals surface area contributed by atoms with Gasteiger partial charge in [-0.2, -0.15) is 5.10 Å². The Morgan fingerprint density at radius 2 is 1.90 bits per heavy atom. The van der Waals surface area contributed by atoms with Crippen LogP contribution < -0.4 is 5.73 Å². The zero-order valence-corrected chi connectivity index (χ0v) is 12.9. The van der Waals surface area contributed by atoms with E-state index in [1.54, 1.807) is 24.5 Å². The Hall–Kier alpha value is -2.04. The molecule has 0 bridgehead atoms. The molecule has 3 rings (SSSR count). The zero-order chi connectivity index (χ0) is 15.2. The smallest absolute Gasteiger partial charge is 0.145 e. The second-order valence-corrected chi connectivity index (χ2v) is 5.18. The normalized spacial score (nSPS) is 9.86. The van der Waals surface area contributed by atoms with Crippen molar-refractivity contribution in [2.75, 3.05) is 5.73 Å². The van der Waals surface area contributed by atoms with E-state index in [0.717, 1.165) is 16.8 Å². The van der Waals surface area contributed by atoms with Crippen molar-refractivity contribution in [1.82, 2.24) is 15.2 Å². The molecule has 2 aromatic heterocycles. The van der Waals surface area contributed by atoms with Crippen LogP contribution in [0.5, 0.6) is 0 Å². The highest BCUT2D eigenvalue weighted by Crippen LogP contribution is 2.21. The number of hydrogen-bond donors (Lipinski definition) is 2.